The molecular formula is C11H22N2OS. The lowest BCUT2D eigenvalue weighted by Gasteiger charge is -2.39. The van der Waals surface area contributed by atoms with Crippen molar-refractivity contribution in [3.8, 4) is 0 Å². The van der Waals surface area contributed by atoms with Crippen LogP contribution in [0.4, 0.5) is 0 Å². The van der Waals surface area contributed by atoms with Crippen molar-refractivity contribution >= 4 is 17.2 Å². The highest BCUT2D eigenvalue weighted by molar-refractivity contribution is 7.80. The molecule has 3 atom stereocenters. The second-order valence-corrected chi connectivity index (χ2v) is 5.08. The molecule has 0 aromatic heterocycles. The standard InChI is InChI=1S/C11H22N2OS/c1-8-4-5-13(7-10(8)14-3)9(2)6-11(12)15/h8-10H,4-7H2,1-3H3,(H2,12,15). The van der Waals surface area contributed by atoms with Crippen molar-refractivity contribution in [2.24, 2.45) is 11.7 Å². The van der Waals surface area contributed by atoms with Crippen LogP contribution in [0.25, 0.3) is 0 Å². The van der Waals surface area contributed by atoms with E-state index in [0.717, 1.165) is 19.5 Å². The highest BCUT2D eigenvalue weighted by Gasteiger charge is 2.28. The minimum Gasteiger partial charge on any atom is -0.393 e. The summed E-state index contributed by atoms with van der Waals surface area (Å²) in [7, 11) is 1.79. The molecule has 1 heterocycles. The summed E-state index contributed by atoms with van der Waals surface area (Å²) >= 11 is 4.94. The van der Waals surface area contributed by atoms with E-state index in [2.05, 4.69) is 18.7 Å². The van der Waals surface area contributed by atoms with E-state index in [0.29, 0.717) is 23.1 Å². The van der Waals surface area contributed by atoms with Gasteiger partial charge in [-0.15, -0.1) is 0 Å². The molecule has 3 unspecified atom stereocenters. The fraction of sp³-hybridized carbons (Fsp3) is 0.909. The molecule has 1 aliphatic rings. The monoisotopic (exact) mass is 230 g/mol. The lowest BCUT2D eigenvalue weighted by molar-refractivity contribution is -0.0156. The first kappa shape index (κ1) is 12.9. The zero-order chi connectivity index (χ0) is 11.4. The minimum atomic E-state index is 0.354. The average molecular weight is 230 g/mol. The predicted molar refractivity (Wildman–Crippen MR) is 67.0 cm³/mol. The van der Waals surface area contributed by atoms with Crippen LogP contribution in [0.1, 0.15) is 26.7 Å². The molecule has 0 radical (unpaired) electrons. The third kappa shape index (κ3) is 3.70. The van der Waals surface area contributed by atoms with Gasteiger partial charge in [0.1, 0.15) is 0 Å². The summed E-state index contributed by atoms with van der Waals surface area (Å²) in [6, 6.07) is 0.438. The maximum Gasteiger partial charge on any atom is 0.0742 e. The van der Waals surface area contributed by atoms with Gasteiger partial charge in [0.15, 0.2) is 0 Å². The number of nitrogens with two attached hydrogens (primary N) is 1. The summed E-state index contributed by atoms with van der Waals surface area (Å²) < 4.78 is 5.48. The fourth-order valence-electron chi connectivity index (χ4n) is 2.19. The summed E-state index contributed by atoms with van der Waals surface area (Å²) in [5.41, 5.74) is 5.57. The number of piperidine rings is 1. The smallest absolute Gasteiger partial charge is 0.0742 e. The van der Waals surface area contributed by atoms with Crippen molar-refractivity contribution in [2.75, 3.05) is 20.2 Å². The Labute approximate surface area is 98.0 Å². The summed E-state index contributed by atoms with van der Waals surface area (Å²) in [4.78, 5) is 3.03. The van der Waals surface area contributed by atoms with Crippen molar-refractivity contribution < 1.29 is 4.74 Å². The highest BCUT2D eigenvalue weighted by atomic mass is 32.1. The zero-order valence-electron chi connectivity index (χ0n) is 9.90. The molecule has 1 saturated heterocycles. The Hall–Kier alpha value is -0.190. The van der Waals surface area contributed by atoms with Crippen LogP contribution in [-0.2, 0) is 4.74 Å². The predicted octanol–water partition coefficient (Wildman–Crippen LogP) is 1.41. The molecule has 15 heavy (non-hydrogen) atoms. The van der Waals surface area contributed by atoms with E-state index in [9.17, 15) is 0 Å². The second-order valence-electron chi connectivity index (χ2n) is 4.55. The van der Waals surface area contributed by atoms with Crippen LogP contribution >= 0.6 is 12.2 Å². The SMILES string of the molecule is COC1CN(C(C)CC(N)=S)CCC1C. The van der Waals surface area contributed by atoms with Crippen LogP contribution in [-0.4, -0.2) is 42.2 Å². The Balaban J connectivity index is 2.46. The van der Waals surface area contributed by atoms with E-state index >= 15 is 0 Å². The topological polar surface area (TPSA) is 38.5 Å². The van der Waals surface area contributed by atoms with Gasteiger partial charge in [-0.3, -0.25) is 4.90 Å². The van der Waals surface area contributed by atoms with Crippen molar-refractivity contribution in [3.63, 3.8) is 0 Å². The fourth-order valence-corrected chi connectivity index (χ4v) is 2.43. The van der Waals surface area contributed by atoms with Crippen LogP contribution in [0.15, 0.2) is 0 Å². The van der Waals surface area contributed by atoms with Crippen LogP contribution < -0.4 is 5.73 Å². The van der Waals surface area contributed by atoms with Crippen LogP contribution in [0, 0.1) is 5.92 Å². The summed E-state index contributed by atoms with van der Waals surface area (Å²) in [6.45, 7) is 6.57. The van der Waals surface area contributed by atoms with Gasteiger partial charge in [-0.25, -0.2) is 0 Å². The van der Waals surface area contributed by atoms with Gasteiger partial charge in [0.2, 0.25) is 0 Å². The first-order valence-electron chi connectivity index (χ1n) is 5.59. The van der Waals surface area contributed by atoms with E-state index in [4.69, 9.17) is 22.7 Å². The molecule has 0 aromatic rings. The molecule has 0 aliphatic carbocycles. The molecule has 1 fully saturated rings. The van der Waals surface area contributed by atoms with Crippen LogP contribution in [0.5, 0.6) is 0 Å². The molecule has 88 valence electrons. The van der Waals surface area contributed by atoms with Gasteiger partial charge in [-0.2, -0.15) is 0 Å². The first-order valence-corrected chi connectivity index (χ1v) is 6.00. The van der Waals surface area contributed by atoms with Gasteiger partial charge in [0.25, 0.3) is 0 Å². The molecule has 0 amide bonds. The average Bonchev–Trinajstić information content (AvgIpc) is 2.17. The summed E-state index contributed by atoms with van der Waals surface area (Å²) in [5, 5.41) is 0. The first-order chi connectivity index (χ1) is 7.04. The number of nitrogens with zero attached hydrogens (tertiary/aromatic N) is 1. The van der Waals surface area contributed by atoms with Gasteiger partial charge in [-0.05, 0) is 25.8 Å². The Morgan fingerprint density at radius 1 is 1.67 bits per heavy atom. The molecule has 0 saturated carbocycles. The lowest BCUT2D eigenvalue weighted by atomic mass is 9.94. The molecule has 1 rings (SSSR count). The Bertz CT molecular complexity index is 223. The third-order valence-corrected chi connectivity index (χ3v) is 3.51. The Kier molecular flexibility index (Phi) is 4.96. The van der Waals surface area contributed by atoms with Crippen molar-refractivity contribution in [2.45, 2.75) is 38.8 Å². The van der Waals surface area contributed by atoms with Gasteiger partial charge >= 0.3 is 0 Å². The number of rotatable bonds is 4. The van der Waals surface area contributed by atoms with E-state index in [1.807, 2.05) is 0 Å². The van der Waals surface area contributed by atoms with Crippen molar-refractivity contribution in [1.82, 2.24) is 4.90 Å². The van der Waals surface area contributed by atoms with Crippen molar-refractivity contribution in [1.29, 1.82) is 0 Å². The zero-order valence-corrected chi connectivity index (χ0v) is 10.7. The Morgan fingerprint density at radius 3 is 2.87 bits per heavy atom. The number of hydrogen-bond acceptors (Lipinski definition) is 3. The van der Waals surface area contributed by atoms with Crippen LogP contribution in [0.3, 0.4) is 0 Å². The van der Waals surface area contributed by atoms with Gasteiger partial charge < -0.3 is 10.5 Å². The maximum atomic E-state index is 5.57. The molecule has 2 N–H and O–H groups in total. The van der Waals surface area contributed by atoms with E-state index in [-0.39, 0.29) is 0 Å². The number of thiocarbonyl (C=S) groups is 1. The van der Waals surface area contributed by atoms with Gasteiger partial charge in [0, 0.05) is 26.1 Å². The van der Waals surface area contributed by atoms with Crippen LogP contribution in [0.2, 0.25) is 0 Å². The molecular weight excluding hydrogens is 208 g/mol. The largest absolute Gasteiger partial charge is 0.393 e. The minimum absolute atomic E-state index is 0.354. The maximum absolute atomic E-state index is 5.57. The van der Waals surface area contributed by atoms with Crippen molar-refractivity contribution in [3.05, 3.63) is 0 Å². The third-order valence-electron chi connectivity index (χ3n) is 3.34. The normalized spacial score (nSPS) is 30.1. The summed E-state index contributed by atoms with van der Waals surface area (Å²) in [6.07, 6.45) is 2.35. The molecule has 0 spiro atoms. The highest BCUT2D eigenvalue weighted by Crippen LogP contribution is 2.21. The van der Waals surface area contributed by atoms with E-state index in [1.54, 1.807) is 7.11 Å². The van der Waals surface area contributed by atoms with Gasteiger partial charge in [-0.1, -0.05) is 19.1 Å². The summed E-state index contributed by atoms with van der Waals surface area (Å²) in [5.74, 6) is 0.656. The number of hydrogen-bond donors (Lipinski definition) is 1. The number of methoxy groups -OCH3 is 1. The second kappa shape index (κ2) is 5.77. The molecule has 0 bridgehead atoms. The molecule has 4 heteroatoms. The number of likely N-dealkylation sites (tertiary alicyclic amines) is 1. The molecule has 1 aliphatic heterocycles. The lowest BCUT2D eigenvalue weighted by Crippen LogP contribution is -2.48. The molecule has 3 nitrogen and oxygen atoms in total. The molecule has 0 aromatic carbocycles. The number of ether oxygens (including phenoxy) is 1. The van der Waals surface area contributed by atoms with E-state index < -0.39 is 0 Å². The van der Waals surface area contributed by atoms with Gasteiger partial charge in [0.05, 0.1) is 11.1 Å². The Morgan fingerprint density at radius 2 is 2.33 bits per heavy atom. The van der Waals surface area contributed by atoms with E-state index in [1.165, 1.54) is 6.42 Å². The quantitative estimate of drug-likeness (QED) is 0.741.